The highest BCUT2D eigenvalue weighted by atomic mass is 35.5. The topological polar surface area (TPSA) is 54.1 Å². The van der Waals surface area contributed by atoms with E-state index in [-0.39, 0.29) is 18.4 Å². The lowest BCUT2D eigenvalue weighted by molar-refractivity contribution is -0.123. The molecule has 0 spiro atoms. The van der Waals surface area contributed by atoms with Gasteiger partial charge in [-0.05, 0) is 35.4 Å². The number of carbonyl (C=O) groups is 1. The molecule has 0 aliphatic carbocycles. The van der Waals surface area contributed by atoms with Gasteiger partial charge in [0.15, 0.2) is 6.61 Å². The third-order valence-electron chi connectivity index (χ3n) is 4.98. The summed E-state index contributed by atoms with van der Waals surface area (Å²) in [5.41, 5.74) is 3.07. The maximum Gasteiger partial charge on any atom is 0.257 e. The van der Waals surface area contributed by atoms with Crippen molar-refractivity contribution in [3.05, 3.63) is 100 Å². The molecule has 30 heavy (non-hydrogen) atoms. The van der Waals surface area contributed by atoms with Gasteiger partial charge >= 0.3 is 0 Å². The number of carbonyl (C=O) groups excluding carboxylic acids is 1. The number of amides is 1. The van der Waals surface area contributed by atoms with Gasteiger partial charge in [-0.3, -0.25) is 4.79 Å². The number of halogens is 2. The Hall–Kier alpha value is -2.95. The van der Waals surface area contributed by atoms with Crippen molar-refractivity contribution < 1.29 is 9.53 Å². The highest BCUT2D eigenvalue weighted by molar-refractivity contribution is 6.32. The average Bonchev–Trinajstić information content (AvgIpc) is 3.18. The van der Waals surface area contributed by atoms with Gasteiger partial charge in [-0.1, -0.05) is 71.7 Å². The van der Waals surface area contributed by atoms with Crippen molar-refractivity contribution in [2.45, 2.75) is 5.92 Å². The lowest BCUT2D eigenvalue weighted by Gasteiger charge is -2.19. The number of benzene rings is 3. The zero-order valence-corrected chi connectivity index (χ0v) is 17.6. The summed E-state index contributed by atoms with van der Waals surface area (Å²) in [4.78, 5) is 15.8. The number of para-hydroxylation sites is 2. The molecule has 3 aromatic carbocycles. The summed E-state index contributed by atoms with van der Waals surface area (Å²) < 4.78 is 5.55. The van der Waals surface area contributed by atoms with Crippen molar-refractivity contribution in [3.8, 4) is 5.75 Å². The van der Waals surface area contributed by atoms with Crippen LogP contribution in [0.5, 0.6) is 5.75 Å². The largest absolute Gasteiger partial charge is 0.482 e. The minimum Gasteiger partial charge on any atom is -0.482 e. The standard InChI is InChI=1S/C24H20Cl2N2O2/c25-20-9-3-1-7-16(20)18(19-13-27-22-11-5-2-8-17(19)22)14-28-24(29)15-30-23-12-6-4-10-21(23)26/h1-13,18,27H,14-15H2,(H,28,29). The van der Waals surface area contributed by atoms with Crippen molar-refractivity contribution in [2.75, 3.05) is 13.2 Å². The molecule has 4 nitrogen and oxygen atoms in total. The number of nitrogens with one attached hydrogen (secondary N) is 2. The van der Waals surface area contributed by atoms with Crippen LogP contribution in [0.4, 0.5) is 0 Å². The Balaban J connectivity index is 1.53. The van der Waals surface area contributed by atoms with E-state index in [1.807, 2.05) is 60.8 Å². The number of rotatable bonds is 7. The summed E-state index contributed by atoms with van der Waals surface area (Å²) in [6, 6.07) is 22.8. The highest BCUT2D eigenvalue weighted by Gasteiger charge is 2.21. The maximum atomic E-state index is 12.5. The summed E-state index contributed by atoms with van der Waals surface area (Å²) in [6.45, 7) is 0.267. The molecule has 1 amide bonds. The fourth-order valence-corrected chi connectivity index (χ4v) is 3.96. The van der Waals surface area contributed by atoms with Crippen LogP contribution in [0.2, 0.25) is 10.0 Å². The van der Waals surface area contributed by atoms with Gasteiger partial charge < -0.3 is 15.0 Å². The predicted molar refractivity (Wildman–Crippen MR) is 122 cm³/mol. The first-order valence-electron chi connectivity index (χ1n) is 9.58. The monoisotopic (exact) mass is 438 g/mol. The second-order valence-electron chi connectivity index (χ2n) is 6.89. The minimum absolute atomic E-state index is 0.112. The lowest BCUT2D eigenvalue weighted by Crippen LogP contribution is -2.32. The first-order chi connectivity index (χ1) is 14.6. The molecule has 6 heteroatoms. The Morgan fingerprint density at radius 1 is 0.900 bits per heavy atom. The van der Waals surface area contributed by atoms with Gasteiger partial charge in [-0.2, -0.15) is 0 Å². The molecule has 4 rings (SSSR count). The molecule has 0 fully saturated rings. The first-order valence-corrected chi connectivity index (χ1v) is 10.3. The number of ether oxygens (including phenoxy) is 1. The molecule has 1 atom stereocenters. The van der Waals surface area contributed by atoms with Crippen molar-refractivity contribution in [3.63, 3.8) is 0 Å². The van der Waals surface area contributed by atoms with E-state index in [9.17, 15) is 4.79 Å². The third kappa shape index (κ3) is 4.45. The molecular formula is C24H20Cl2N2O2. The molecule has 1 aromatic heterocycles. The van der Waals surface area contributed by atoms with Gasteiger partial charge in [-0.25, -0.2) is 0 Å². The van der Waals surface area contributed by atoms with Gasteiger partial charge in [-0.15, -0.1) is 0 Å². The number of fused-ring (bicyclic) bond motifs is 1. The SMILES string of the molecule is O=C(COc1ccccc1Cl)NCC(c1ccccc1Cl)c1c[nH]c2ccccc12. The molecule has 152 valence electrons. The molecule has 0 saturated heterocycles. The van der Waals surface area contributed by atoms with Crippen LogP contribution < -0.4 is 10.1 Å². The van der Waals surface area contributed by atoms with Gasteiger partial charge in [0.25, 0.3) is 5.91 Å². The minimum atomic E-state index is -0.230. The van der Waals surface area contributed by atoms with E-state index < -0.39 is 0 Å². The van der Waals surface area contributed by atoms with Crippen LogP contribution in [0.3, 0.4) is 0 Å². The van der Waals surface area contributed by atoms with Gasteiger partial charge in [0.2, 0.25) is 0 Å². The molecular weight excluding hydrogens is 419 g/mol. The quantitative estimate of drug-likeness (QED) is 0.382. The van der Waals surface area contributed by atoms with E-state index >= 15 is 0 Å². The Bertz CT molecular complexity index is 1170. The van der Waals surface area contributed by atoms with Gasteiger partial charge in [0.1, 0.15) is 5.75 Å². The number of hydrogen-bond acceptors (Lipinski definition) is 2. The number of aromatic amines is 1. The lowest BCUT2D eigenvalue weighted by atomic mass is 9.91. The van der Waals surface area contributed by atoms with Crippen LogP contribution in [0.25, 0.3) is 10.9 Å². The van der Waals surface area contributed by atoms with E-state index in [1.54, 1.807) is 12.1 Å². The Morgan fingerprint density at radius 2 is 1.60 bits per heavy atom. The van der Waals surface area contributed by atoms with Crippen molar-refractivity contribution in [1.29, 1.82) is 0 Å². The summed E-state index contributed by atoms with van der Waals surface area (Å²) in [7, 11) is 0. The summed E-state index contributed by atoms with van der Waals surface area (Å²) in [5, 5.41) is 5.20. The van der Waals surface area contributed by atoms with E-state index in [0.29, 0.717) is 22.3 Å². The molecule has 0 bridgehead atoms. The summed E-state index contributed by atoms with van der Waals surface area (Å²) in [6.07, 6.45) is 1.98. The molecule has 0 saturated carbocycles. The average molecular weight is 439 g/mol. The van der Waals surface area contributed by atoms with Crippen molar-refractivity contribution in [1.82, 2.24) is 10.3 Å². The highest BCUT2D eigenvalue weighted by Crippen LogP contribution is 2.34. The predicted octanol–water partition coefficient (Wildman–Crippen LogP) is 5.80. The first kappa shape index (κ1) is 20.3. The molecule has 4 aromatic rings. The number of hydrogen-bond donors (Lipinski definition) is 2. The van der Waals surface area contributed by atoms with Crippen molar-refractivity contribution >= 4 is 40.0 Å². The molecule has 2 N–H and O–H groups in total. The van der Waals surface area contributed by atoms with E-state index in [1.165, 1.54) is 0 Å². The van der Waals surface area contributed by atoms with Gasteiger partial charge in [0.05, 0.1) is 5.02 Å². The number of H-pyrrole nitrogens is 1. The van der Waals surface area contributed by atoms with Crippen LogP contribution in [-0.2, 0) is 4.79 Å². The van der Waals surface area contributed by atoms with E-state index in [0.717, 1.165) is 22.0 Å². The normalized spacial score (nSPS) is 11.9. The summed E-state index contributed by atoms with van der Waals surface area (Å²) >= 11 is 12.6. The van der Waals surface area contributed by atoms with Crippen LogP contribution in [-0.4, -0.2) is 24.0 Å². The molecule has 1 unspecified atom stereocenters. The fraction of sp³-hybridized carbons (Fsp3) is 0.125. The Morgan fingerprint density at radius 3 is 2.40 bits per heavy atom. The molecule has 0 aliphatic heterocycles. The fourth-order valence-electron chi connectivity index (χ4n) is 3.50. The van der Waals surface area contributed by atoms with Crippen LogP contribution >= 0.6 is 23.2 Å². The summed E-state index contributed by atoms with van der Waals surface area (Å²) in [5.74, 6) is 0.138. The Kier molecular flexibility index (Phi) is 6.26. The van der Waals surface area contributed by atoms with E-state index in [4.69, 9.17) is 27.9 Å². The zero-order chi connectivity index (χ0) is 20.9. The molecule has 0 aliphatic rings. The Labute approximate surface area is 184 Å². The van der Waals surface area contributed by atoms with Crippen LogP contribution in [0.1, 0.15) is 17.0 Å². The second kappa shape index (κ2) is 9.24. The molecule has 0 radical (unpaired) electrons. The smallest absolute Gasteiger partial charge is 0.257 e. The van der Waals surface area contributed by atoms with Gasteiger partial charge in [0, 0.05) is 34.6 Å². The van der Waals surface area contributed by atoms with E-state index in [2.05, 4.69) is 16.4 Å². The second-order valence-corrected chi connectivity index (χ2v) is 7.70. The zero-order valence-electron chi connectivity index (χ0n) is 16.1. The molecule has 1 heterocycles. The van der Waals surface area contributed by atoms with Crippen LogP contribution in [0.15, 0.2) is 79.0 Å². The number of aromatic nitrogens is 1. The third-order valence-corrected chi connectivity index (χ3v) is 5.63. The maximum absolute atomic E-state index is 12.5. The van der Waals surface area contributed by atoms with Crippen molar-refractivity contribution in [2.24, 2.45) is 0 Å². The van der Waals surface area contributed by atoms with Crippen LogP contribution in [0, 0.1) is 0 Å².